The van der Waals surface area contributed by atoms with E-state index in [2.05, 4.69) is 14.9 Å². The smallest absolute Gasteiger partial charge is 0.350 e. The zero-order chi connectivity index (χ0) is 28.7. The second kappa shape index (κ2) is 11.2. The zero-order valence-electron chi connectivity index (χ0n) is 23.0. The summed E-state index contributed by atoms with van der Waals surface area (Å²) in [7, 11) is 0. The molecule has 1 aliphatic heterocycles. The standard InChI is InChI=1S/C30H33Cl2N5O3/c1-18-15-25(16-19(2)28(18)38)35-13-11-34(12-14-35)23-6-8-24(9-7-23)36-21(4)33-37(30(36)40)20(3)29(39)26-10-5-22(31)17-27(26)32/h5-10,15-17,20,29,38-39H,11-14H2,1-4H3/t20?,29-/m0/s1. The SMILES string of the molecule is Cc1cc(N2CCN(c3ccc(-n4c(C)nn(C(C)[C@H](O)c5ccc(Cl)cc5Cl)c4=O)cc3)CC2)cc(C)c1O. The van der Waals surface area contributed by atoms with Gasteiger partial charge in [-0.15, -0.1) is 0 Å². The van der Waals surface area contributed by atoms with Gasteiger partial charge in [0, 0.05) is 53.2 Å². The Kier molecular flexibility index (Phi) is 7.86. The molecule has 0 aliphatic carbocycles. The molecule has 0 saturated carbocycles. The van der Waals surface area contributed by atoms with Gasteiger partial charge in [-0.05, 0) is 87.4 Å². The second-order valence-electron chi connectivity index (χ2n) is 10.4. The monoisotopic (exact) mass is 581 g/mol. The molecule has 210 valence electrons. The summed E-state index contributed by atoms with van der Waals surface area (Å²) in [4.78, 5) is 18.1. The Balaban J connectivity index is 1.30. The van der Waals surface area contributed by atoms with Crippen molar-refractivity contribution in [2.24, 2.45) is 0 Å². The molecule has 8 nitrogen and oxygen atoms in total. The van der Waals surface area contributed by atoms with Crippen molar-refractivity contribution in [1.29, 1.82) is 0 Å². The van der Waals surface area contributed by atoms with Gasteiger partial charge in [0.15, 0.2) is 0 Å². The van der Waals surface area contributed by atoms with Crippen molar-refractivity contribution in [2.45, 2.75) is 39.8 Å². The number of phenols is 1. The van der Waals surface area contributed by atoms with Crippen molar-refractivity contribution in [1.82, 2.24) is 14.3 Å². The van der Waals surface area contributed by atoms with Gasteiger partial charge >= 0.3 is 5.69 Å². The van der Waals surface area contributed by atoms with Crippen LogP contribution in [0.25, 0.3) is 5.69 Å². The predicted octanol–water partition coefficient (Wildman–Crippen LogP) is 5.59. The number of anilines is 2. The molecule has 5 rings (SSSR count). The molecule has 1 saturated heterocycles. The maximum Gasteiger partial charge on any atom is 0.350 e. The van der Waals surface area contributed by atoms with Gasteiger partial charge < -0.3 is 20.0 Å². The number of piperazine rings is 1. The van der Waals surface area contributed by atoms with Crippen LogP contribution in [0.5, 0.6) is 5.75 Å². The van der Waals surface area contributed by atoms with Crippen LogP contribution < -0.4 is 15.5 Å². The van der Waals surface area contributed by atoms with E-state index in [0.29, 0.717) is 32.9 Å². The maximum atomic E-state index is 13.4. The highest BCUT2D eigenvalue weighted by atomic mass is 35.5. The lowest BCUT2D eigenvalue weighted by atomic mass is 10.0. The topological polar surface area (TPSA) is 86.8 Å². The molecule has 1 aliphatic rings. The molecule has 2 N–H and O–H groups in total. The Morgan fingerprint density at radius 2 is 1.38 bits per heavy atom. The lowest BCUT2D eigenvalue weighted by Gasteiger charge is -2.37. The number of aliphatic hydroxyl groups excluding tert-OH is 1. The van der Waals surface area contributed by atoms with Gasteiger partial charge in [0.2, 0.25) is 0 Å². The minimum Gasteiger partial charge on any atom is -0.507 e. The van der Waals surface area contributed by atoms with Crippen molar-refractivity contribution in [3.05, 3.63) is 97.6 Å². The third-order valence-electron chi connectivity index (χ3n) is 7.68. The number of aliphatic hydroxyl groups is 1. The van der Waals surface area contributed by atoms with Crippen molar-refractivity contribution < 1.29 is 10.2 Å². The van der Waals surface area contributed by atoms with Crippen molar-refractivity contribution in [3.8, 4) is 11.4 Å². The summed E-state index contributed by atoms with van der Waals surface area (Å²) < 4.78 is 2.84. The highest BCUT2D eigenvalue weighted by Crippen LogP contribution is 2.32. The van der Waals surface area contributed by atoms with Gasteiger partial charge in [0.25, 0.3) is 0 Å². The summed E-state index contributed by atoms with van der Waals surface area (Å²) >= 11 is 12.3. The molecule has 1 fully saturated rings. The number of halogens is 2. The first kappa shape index (κ1) is 28.1. The number of phenolic OH excluding ortho intramolecular Hbond substituents is 1. The summed E-state index contributed by atoms with van der Waals surface area (Å²) in [6, 6.07) is 16.2. The maximum absolute atomic E-state index is 13.4. The number of aromatic nitrogens is 3. The fourth-order valence-electron chi connectivity index (χ4n) is 5.33. The first-order valence-electron chi connectivity index (χ1n) is 13.3. The lowest BCUT2D eigenvalue weighted by molar-refractivity contribution is 0.113. The minimum atomic E-state index is -1.04. The zero-order valence-corrected chi connectivity index (χ0v) is 24.5. The number of rotatable bonds is 6. The summed E-state index contributed by atoms with van der Waals surface area (Å²) in [5, 5.41) is 26.3. The van der Waals surface area contributed by atoms with Gasteiger partial charge in [0.1, 0.15) is 17.7 Å². The number of benzene rings is 3. The molecule has 3 aromatic carbocycles. The van der Waals surface area contributed by atoms with E-state index in [1.165, 1.54) is 4.68 Å². The molecular formula is C30H33Cl2N5O3. The number of hydrogen-bond donors (Lipinski definition) is 2. The van der Waals surface area contributed by atoms with Crippen molar-refractivity contribution in [3.63, 3.8) is 0 Å². The van der Waals surface area contributed by atoms with Crippen LogP contribution in [0.3, 0.4) is 0 Å². The van der Waals surface area contributed by atoms with Crippen LogP contribution in [0.15, 0.2) is 59.4 Å². The Morgan fingerprint density at radius 3 is 1.95 bits per heavy atom. The predicted molar refractivity (Wildman–Crippen MR) is 161 cm³/mol. The molecule has 1 unspecified atom stereocenters. The Labute approximate surface area is 243 Å². The first-order chi connectivity index (χ1) is 19.0. The third-order valence-corrected chi connectivity index (χ3v) is 8.24. The van der Waals surface area contributed by atoms with Crippen LogP contribution in [0, 0.1) is 20.8 Å². The first-order valence-corrected chi connectivity index (χ1v) is 14.0. The number of aromatic hydroxyl groups is 1. The number of nitrogens with zero attached hydrogens (tertiary/aromatic N) is 5. The molecular weight excluding hydrogens is 549 g/mol. The quantitative estimate of drug-likeness (QED) is 0.308. The van der Waals surface area contributed by atoms with E-state index in [1.807, 2.05) is 50.2 Å². The molecule has 0 spiro atoms. The Hall–Kier alpha value is -3.46. The van der Waals surface area contributed by atoms with Crippen LogP contribution in [-0.4, -0.2) is 50.7 Å². The molecule has 40 heavy (non-hydrogen) atoms. The van der Waals surface area contributed by atoms with Gasteiger partial charge in [-0.25, -0.2) is 14.0 Å². The van der Waals surface area contributed by atoms with Crippen LogP contribution in [0.4, 0.5) is 11.4 Å². The van der Waals surface area contributed by atoms with Crippen molar-refractivity contribution in [2.75, 3.05) is 36.0 Å². The van der Waals surface area contributed by atoms with Crippen LogP contribution in [0.1, 0.15) is 41.6 Å². The largest absolute Gasteiger partial charge is 0.507 e. The summed E-state index contributed by atoms with van der Waals surface area (Å²) in [5.74, 6) is 0.881. The van der Waals surface area contributed by atoms with Gasteiger partial charge in [-0.3, -0.25) is 0 Å². The van der Waals surface area contributed by atoms with E-state index >= 15 is 0 Å². The third kappa shape index (κ3) is 5.31. The van der Waals surface area contributed by atoms with Crippen molar-refractivity contribution >= 4 is 34.6 Å². The molecule has 0 radical (unpaired) electrons. The molecule has 0 amide bonds. The van der Waals surface area contributed by atoms with E-state index in [0.717, 1.165) is 48.7 Å². The number of hydrogen-bond acceptors (Lipinski definition) is 6. The summed E-state index contributed by atoms with van der Waals surface area (Å²) in [5.41, 5.74) is 4.84. The van der Waals surface area contributed by atoms with Gasteiger partial charge in [-0.1, -0.05) is 29.3 Å². The normalized spacial score (nSPS) is 15.4. The fraction of sp³-hybridized carbons (Fsp3) is 0.333. The van der Waals surface area contributed by atoms with Gasteiger partial charge in [0.05, 0.1) is 11.7 Å². The molecule has 2 atom stereocenters. The summed E-state index contributed by atoms with van der Waals surface area (Å²) in [6.07, 6.45) is -1.04. The Morgan fingerprint density at radius 1 is 0.825 bits per heavy atom. The van der Waals surface area contributed by atoms with E-state index in [1.54, 1.807) is 36.6 Å². The average Bonchev–Trinajstić information content (AvgIpc) is 3.24. The second-order valence-corrected chi connectivity index (χ2v) is 11.2. The average molecular weight is 583 g/mol. The molecule has 10 heteroatoms. The van der Waals surface area contributed by atoms with E-state index in [4.69, 9.17) is 23.2 Å². The van der Waals surface area contributed by atoms with Crippen LogP contribution in [-0.2, 0) is 0 Å². The van der Waals surface area contributed by atoms with Gasteiger partial charge in [-0.2, -0.15) is 5.10 Å². The lowest BCUT2D eigenvalue weighted by Crippen LogP contribution is -2.46. The Bertz CT molecular complexity index is 1570. The fourth-order valence-corrected chi connectivity index (χ4v) is 5.85. The molecule has 1 aromatic heterocycles. The highest BCUT2D eigenvalue weighted by Gasteiger charge is 2.26. The molecule has 2 heterocycles. The van der Waals surface area contributed by atoms with Crippen LogP contribution >= 0.6 is 23.2 Å². The van der Waals surface area contributed by atoms with Crippen LogP contribution in [0.2, 0.25) is 10.0 Å². The molecule has 4 aromatic rings. The van der Waals surface area contributed by atoms with E-state index in [-0.39, 0.29) is 5.69 Å². The summed E-state index contributed by atoms with van der Waals surface area (Å²) in [6.45, 7) is 10.8. The highest BCUT2D eigenvalue weighted by molar-refractivity contribution is 6.35. The van der Waals surface area contributed by atoms with E-state index < -0.39 is 12.1 Å². The van der Waals surface area contributed by atoms with E-state index in [9.17, 15) is 15.0 Å². The molecule has 0 bridgehead atoms. The number of aryl methyl sites for hydroxylation is 3. The minimum absolute atomic E-state index is 0.334.